The van der Waals surface area contributed by atoms with E-state index in [-0.39, 0.29) is 5.92 Å². The van der Waals surface area contributed by atoms with Crippen molar-refractivity contribution in [1.29, 1.82) is 0 Å². The van der Waals surface area contributed by atoms with Crippen molar-refractivity contribution >= 4 is 0 Å². The van der Waals surface area contributed by atoms with Gasteiger partial charge >= 0.3 is 0 Å². The van der Waals surface area contributed by atoms with E-state index in [1.165, 1.54) is 0 Å². The smallest absolute Gasteiger partial charge is 0.154 e. The Morgan fingerprint density at radius 3 is 2.80 bits per heavy atom. The Morgan fingerprint density at radius 2 is 2.40 bits per heavy atom. The summed E-state index contributed by atoms with van der Waals surface area (Å²) in [5.74, 6) is 1.07. The minimum absolute atomic E-state index is 0.236. The molecular weight excluding hydrogens is 130 g/mol. The van der Waals surface area contributed by atoms with Crippen LogP contribution in [0.2, 0.25) is 0 Å². The molecule has 56 valence electrons. The summed E-state index contributed by atoms with van der Waals surface area (Å²) in [4.78, 5) is 0. The third-order valence-corrected chi connectivity index (χ3v) is 1.45. The molecular formula is C5H11N5. The summed E-state index contributed by atoms with van der Waals surface area (Å²) in [5, 5.41) is 11.0. The number of tetrazole rings is 1. The average Bonchev–Trinajstić information content (AvgIpc) is 2.34. The van der Waals surface area contributed by atoms with E-state index in [1.54, 1.807) is 4.68 Å². The van der Waals surface area contributed by atoms with Crippen LogP contribution in [0.5, 0.6) is 0 Å². The van der Waals surface area contributed by atoms with Crippen LogP contribution >= 0.6 is 0 Å². The summed E-state index contributed by atoms with van der Waals surface area (Å²) in [6.07, 6.45) is 0. The lowest BCUT2D eigenvalue weighted by molar-refractivity contribution is 0.623. The maximum Gasteiger partial charge on any atom is 0.154 e. The predicted molar refractivity (Wildman–Crippen MR) is 36.3 cm³/mol. The fourth-order valence-corrected chi connectivity index (χ4v) is 0.759. The molecule has 0 fully saturated rings. The van der Waals surface area contributed by atoms with Crippen LogP contribution in [0, 0.1) is 0 Å². The van der Waals surface area contributed by atoms with Crippen molar-refractivity contribution < 1.29 is 0 Å². The summed E-state index contributed by atoms with van der Waals surface area (Å²) in [5.41, 5.74) is 5.42. The largest absolute Gasteiger partial charge is 0.330 e. The minimum atomic E-state index is 0.236. The van der Waals surface area contributed by atoms with E-state index in [2.05, 4.69) is 15.5 Å². The summed E-state index contributed by atoms with van der Waals surface area (Å²) >= 11 is 0. The van der Waals surface area contributed by atoms with Crippen molar-refractivity contribution in [3.8, 4) is 0 Å². The standard InChI is InChI=1S/C5H11N5/c1-4(3-6)5-7-8-9-10(5)2/h4H,3,6H2,1-2H3. The van der Waals surface area contributed by atoms with Gasteiger partial charge in [0.2, 0.25) is 0 Å². The molecule has 5 heteroatoms. The molecule has 0 saturated heterocycles. The number of rotatable bonds is 2. The SMILES string of the molecule is CC(CN)c1nnnn1C. The highest BCUT2D eigenvalue weighted by Gasteiger charge is 2.08. The van der Waals surface area contributed by atoms with Crippen LogP contribution in [0.3, 0.4) is 0 Å². The van der Waals surface area contributed by atoms with Crippen molar-refractivity contribution in [2.75, 3.05) is 6.54 Å². The molecule has 1 aromatic rings. The zero-order valence-electron chi connectivity index (χ0n) is 6.15. The molecule has 10 heavy (non-hydrogen) atoms. The molecule has 5 nitrogen and oxygen atoms in total. The number of nitrogens with two attached hydrogens (primary N) is 1. The first-order chi connectivity index (χ1) is 4.75. The van der Waals surface area contributed by atoms with Crippen LogP contribution in [-0.4, -0.2) is 26.8 Å². The van der Waals surface area contributed by atoms with Gasteiger partial charge in [-0.05, 0) is 10.4 Å². The molecule has 0 radical (unpaired) electrons. The zero-order chi connectivity index (χ0) is 7.56. The molecule has 1 unspecified atom stereocenters. The first-order valence-corrected chi connectivity index (χ1v) is 3.18. The maximum atomic E-state index is 5.42. The Kier molecular flexibility index (Phi) is 1.96. The molecule has 1 aromatic heterocycles. The summed E-state index contributed by atoms with van der Waals surface area (Å²) in [7, 11) is 1.81. The maximum absolute atomic E-state index is 5.42. The van der Waals surface area contributed by atoms with Gasteiger partial charge in [0.15, 0.2) is 5.82 Å². The second-order valence-corrected chi connectivity index (χ2v) is 2.30. The molecule has 0 bridgehead atoms. The molecule has 0 aliphatic rings. The molecule has 0 spiro atoms. The highest BCUT2D eigenvalue weighted by atomic mass is 15.5. The van der Waals surface area contributed by atoms with Gasteiger partial charge in [0.25, 0.3) is 0 Å². The lowest BCUT2D eigenvalue weighted by atomic mass is 10.2. The first kappa shape index (κ1) is 7.14. The number of aryl methyl sites for hydroxylation is 1. The fourth-order valence-electron chi connectivity index (χ4n) is 0.759. The summed E-state index contributed by atoms with van der Waals surface area (Å²) in [6.45, 7) is 2.57. The van der Waals surface area contributed by atoms with E-state index in [4.69, 9.17) is 5.73 Å². The molecule has 1 atom stereocenters. The van der Waals surface area contributed by atoms with Crippen LogP contribution < -0.4 is 5.73 Å². The summed E-state index contributed by atoms with van der Waals surface area (Å²) in [6, 6.07) is 0. The number of hydrogen-bond acceptors (Lipinski definition) is 4. The highest BCUT2D eigenvalue weighted by Crippen LogP contribution is 2.05. The predicted octanol–water partition coefficient (Wildman–Crippen LogP) is -0.728. The lowest BCUT2D eigenvalue weighted by Crippen LogP contribution is -2.13. The lowest BCUT2D eigenvalue weighted by Gasteiger charge is -2.03. The Bertz CT molecular complexity index is 206. The Hall–Kier alpha value is -0.970. The topological polar surface area (TPSA) is 69.6 Å². The zero-order valence-corrected chi connectivity index (χ0v) is 6.15. The van der Waals surface area contributed by atoms with E-state index >= 15 is 0 Å². The van der Waals surface area contributed by atoms with Gasteiger partial charge in [-0.15, -0.1) is 5.10 Å². The van der Waals surface area contributed by atoms with E-state index in [9.17, 15) is 0 Å². The van der Waals surface area contributed by atoms with Gasteiger partial charge in [-0.1, -0.05) is 6.92 Å². The van der Waals surface area contributed by atoms with Gasteiger partial charge in [0, 0.05) is 19.5 Å². The normalized spacial score (nSPS) is 13.5. The van der Waals surface area contributed by atoms with Crippen LogP contribution in [-0.2, 0) is 7.05 Å². The van der Waals surface area contributed by atoms with Crippen molar-refractivity contribution in [3.05, 3.63) is 5.82 Å². The third kappa shape index (κ3) is 1.13. The first-order valence-electron chi connectivity index (χ1n) is 3.18. The Morgan fingerprint density at radius 1 is 1.70 bits per heavy atom. The molecule has 1 heterocycles. The fraction of sp³-hybridized carbons (Fsp3) is 0.800. The Labute approximate surface area is 59.2 Å². The van der Waals surface area contributed by atoms with Crippen LogP contribution in [0.15, 0.2) is 0 Å². The number of aromatic nitrogens is 4. The van der Waals surface area contributed by atoms with Crippen molar-refractivity contribution in [3.63, 3.8) is 0 Å². The molecule has 0 amide bonds. The average molecular weight is 141 g/mol. The highest BCUT2D eigenvalue weighted by molar-refractivity contribution is 4.90. The van der Waals surface area contributed by atoms with Crippen molar-refractivity contribution in [2.45, 2.75) is 12.8 Å². The van der Waals surface area contributed by atoms with E-state index in [0.717, 1.165) is 5.82 Å². The third-order valence-electron chi connectivity index (χ3n) is 1.45. The molecule has 1 rings (SSSR count). The molecule has 0 aromatic carbocycles. The van der Waals surface area contributed by atoms with Crippen LogP contribution in [0.4, 0.5) is 0 Å². The van der Waals surface area contributed by atoms with Crippen molar-refractivity contribution in [2.24, 2.45) is 12.8 Å². The van der Waals surface area contributed by atoms with Gasteiger partial charge in [-0.3, -0.25) is 0 Å². The molecule has 0 aliphatic carbocycles. The van der Waals surface area contributed by atoms with E-state index < -0.39 is 0 Å². The summed E-state index contributed by atoms with van der Waals surface area (Å²) < 4.78 is 1.64. The van der Waals surface area contributed by atoms with Gasteiger partial charge in [-0.2, -0.15) is 0 Å². The van der Waals surface area contributed by atoms with Gasteiger partial charge in [0.1, 0.15) is 0 Å². The van der Waals surface area contributed by atoms with Gasteiger partial charge < -0.3 is 5.73 Å². The second-order valence-electron chi connectivity index (χ2n) is 2.30. The Balaban J connectivity index is 2.82. The minimum Gasteiger partial charge on any atom is -0.330 e. The van der Waals surface area contributed by atoms with E-state index in [1.807, 2.05) is 14.0 Å². The van der Waals surface area contributed by atoms with Crippen LogP contribution in [0.25, 0.3) is 0 Å². The quantitative estimate of drug-likeness (QED) is 0.589. The van der Waals surface area contributed by atoms with Gasteiger partial charge in [0.05, 0.1) is 0 Å². The molecule has 0 aliphatic heterocycles. The van der Waals surface area contributed by atoms with Crippen LogP contribution in [0.1, 0.15) is 18.7 Å². The number of nitrogens with zero attached hydrogens (tertiary/aromatic N) is 4. The second kappa shape index (κ2) is 2.74. The monoisotopic (exact) mass is 141 g/mol. The molecule has 0 saturated carbocycles. The number of hydrogen-bond donors (Lipinski definition) is 1. The van der Waals surface area contributed by atoms with Crippen molar-refractivity contribution in [1.82, 2.24) is 20.2 Å². The van der Waals surface area contributed by atoms with Gasteiger partial charge in [-0.25, -0.2) is 4.68 Å². The van der Waals surface area contributed by atoms with E-state index in [0.29, 0.717) is 6.54 Å². The molecule has 2 N–H and O–H groups in total.